The SMILES string of the molecule is Cc1ccc(C(=O)Nc2cccc(C)c2C)cc1NC(=O)c1ccccc1F. The maximum Gasteiger partial charge on any atom is 0.258 e. The molecule has 0 aliphatic rings. The summed E-state index contributed by atoms with van der Waals surface area (Å²) in [6.07, 6.45) is 0. The van der Waals surface area contributed by atoms with Gasteiger partial charge in [-0.25, -0.2) is 4.39 Å². The maximum absolute atomic E-state index is 13.8. The van der Waals surface area contributed by atoms with Gasteiger partial charge in [-0.15, -0.1) is 0 Å². The highest BCUT2D eigenvalue weighted by Gasteiger charge is 2.15. The van der Waals surface area contributed by atoms with Gasteiger partial charge >= 0.3 is 0 Å². The summed E-state index contributed by atoms with van der Waals surface area (Å²) in [4.78, 5) is 25.1. The summed E-state index contributed by atoms with van der Waals surface area (Å²) in [6.45, 7) is 5.73. The zero-order chi connectivity index (χ0) is 20.3. The van der Waals surface area contributed by atoms with Crippen LogP contribution in [-0.4, -0.2) is 11.8 Å². The number of rotatable bonds is 4. The van der Waals surface area contributed by atoms with Gasteiger partial charge in [-0.2, -0.15) is 0 Å². The average Bonchev–Trinajstić information content (AvgIpc) is 2.67. The van der Waals surface area contributed by atoms with Crippen LogP contribution in [0.3, 0.4) is 0 Å². The fraction of sp³-hybridized carbons (Fsp3) is 0.130. The van der Waals surface area contributed by atoms with E-state index in [0.29, 0.717) is 11.3 Å². The Kier molecular flexibility index (Phi) is 5.54. The molecule has 142 valence electrons. The number of nitrogens with one attached hydrogen (secondary N) is 2. The quantitative estimate of drug-likeness (QED) is 0.653. The molecule has 2 N–H and O–H groups in total. The molecule has 0 heterocycles. The van der Waals surface area contributed by atoms with E-state index in [1.165, 1.54) is 18.2 Å². The Labute approximate surface area is 163 Å². The van der Waals surface area contributed by atoms with Crippen molar-refractivity contribution in [2.45, 2.75) is 20.8 Å². The van der Waals surface area contributed by atoms with Crippen molar-refractivity contribution in [2.24, 2.45) is 0 Å². The van der Waals surface area contributed by atoms with Gasteiger partial charge in [0.25, 0.3) is 11.8 Å². The minimum Gasteiger partial charge on any atom is -0.322 e. The molecule has 2 amide bonds. The number of benzene rings is 3. The monoisotopic (exact) mass is 376 g/mol. The van der Waals surface area contributed by atoms with Crippen LogP contribution in [0.5, 0.6) is 0 Å². The Morgan fingerprint density at radius 3 is 2.21 bits per heavy atom. The standard InChI is InChI=1S/C23H21FN2O2/c1-14-7-6-10-20(16(14)3)25-22(27)17-12-11-15(2)21(13-17)26-23(28)18-8-4-5-9-19(18)24/h4-13H,1-3H3,(H,25,27)(H,26,28). The van der Waals surface area contributed by atoms with Crippen LogP contribution in [-0.2, 0) is 0 Å². The fourth-order valence-corrected chi connectivity index (χ4v) is 2.81. The van der Waals surface area contributed by atoms with E-state index in [0.717, 1.165) is 22.4 Å². The van der Waals surface area contributed by atoms with E-state index in [-0.39, 0.29) is 11.5 Å². The molecule has 3 aromatic rings. The first kappa shape index (κ1) is 19.3. The van der Waals surface area contributed by atoms with Crippen molar-refractivity contribution in [1.29, 1.82) is 0 Å². The van der Waals surface area contributed by atoms with Crippen molar-refractivity contribution in [3.8, 4) is 0 Å². The van der Waals surface area contributed by atoms with Gasteiger partial charge in [0, 0.05) is 16.9 Å². The van der Waals surface area contributed by atoms with Gasteiger partial charge < -0.3 is 10.6 Å². The first-order valence-electron chi connectivity index (χ1n) is 8.91. The Hall–Kier alpha value is -3.47. The molecular weight excluding hydrogens is 355 g/mol. The Bertz CT molecular complexity index is 1060. The van der Waals surface area contributed by atoms with Crippen LogP contribution in [0.15, 0.2) is 60.7 Å². The van der Waals surface area contributed by atoms with Crippen molar-refractivity contribution in [3.05, 3.63) is 94.3 Å². The van der Waals surface area contributed by atoms with Crippen LogP contribution in [0.2, 0.25) is 0 Å². The maximum atomic E-state index is 13.8. The molecule has 0 unspecified atom stereocenters. The van der Waals surface area contributed by atoms with Crippen molar-refractivity contribution < 1.29 is 14.0 Å². The van der Waals surface area contributed by atoms with Gasteiger partial charge in [-0.05, 0) is 67.8 Å². The minimum atomic E-state index is -0.596. The van der Waals surface area contributed by atoms with E-state index >= 15 is 0 Å². The van der Waals surface area contributed by atoms with Crippen molar-refractivity contribution >= 4 is 23.2 Å². The molecule has 0 aromatic heterocycles. The van der Waals surface area contributed by atoms with Gasteiger partial charge in [-0.1, -0.05) is 30.3 Å². The number of halogens is 1. The molecule has 3 rings (SSSR count). The molecule has 0 spiro atoms. The fourth-order valence-electron chi connectivity index (χ4n) is 2.81. The molecule has 0 saturated heterocycles. The van der Waals surface area contributed by atoms with Gasteiger partial charge in [0.2, 0.25) is 0 Å². The van der Waals surface area contributed by atoms with Crippen LogP contribution in [0.1, 0.15) is 37.4 Å². The van der Waals surface area contributed by atoms with Crippen LogP contribution in [0, 0.1) is 26.6 Å². The van der Waals surface area contributed by atoms with Gasteiger partial charge in [0.05, 0.1) is 5.56 Å². The zero-order valence-corrected chi connectivity index (χ0v) is 16.0. The van der Waals surface area contributed by atoms with E-state index < -0.39 is 11.7 Å². The minimum absolute atomic E-state index is 0.0489. The summed E-state index contributed by atoms with van der Waals surface area (Å²) in [7, 11) is 0. The highest BCUT2D eigenvalue weighted by atomic mass is 19.1. The summed E-state index contributed by atoms with van der Waals surface area (Å²) in [5, 5.41) is 5.58. The molecule has 0 saturated carbocycles. The van der Waals surface area contributed by atoms with Crippen molar-refractivity contribution in [2.75, 3.05) is 10.6 Å². The molecule has 0 aliphatic carbocycles. The Balaban J connectivity index is 1.83. The lowest BCUT2D eigenvalue weighted by Gasteiger charge is -2.13. The molecule has 0 fully saturated rings. The zero-order valence-electron chi connectivity index (χ0n) is 16.0. The Morgan fingerprint density at radius 1 is 0.750 bits per heavy atom. The Morgan fingerprint density at radius 2 is 1.46 bits per heavy atom. The molecule has 3 aromatic carbocycles. The second-order valence-corrected chi connectivity index (χ2v) is 6.67. The summed E-state index contributed by atoms with van der Waals surface area (Å²) >= 11 is 0. The van der Waals surface area contributed by atoms with Crippen LogP contribution < -0.4 is 10.6 Å². The third-order valence-electron chi connectivity index (χ3n) is 4.72. The van der Waals surface area contributed by atoms with E-state index in [1.54, 1.807) is 24.3 Å². The number of amides is 2. The molecule has 0 bridgehead atoms. The average molecular weight is 376 g/mol. The third-order valence-corrected chi connectivity index (χ3v) is 4.72. The molecule has 4 nitrogen and oxygen atoms in total. The largest absolute Gasteiger partial charge is 0.322 e. The molecule has 28 heavy (non-hydrogen) atoms. The lowest BCUT2D eigenvalue weighted by Crippen LogP contribution is -2.16. The smallest absolute Gasteiger partial charge is 0.258 e. The van der Waals surface area contributed by atoms with Gasteiger partial charge in [0.1, 0.15) is 5.82 Å². The molecule has 0 atom stereocenters. The number of hydrogen-bond acceptors (Lipinski definition) is 2. The van der Waals surface area contributed by atoms with Crippen molar-refractivity contribution in [3.63, 3.8) is 0 Å². The molecular formula is C23H21FN2O2. The topological polar surface area (TPSA) is 58.2 Å². The number of anilines is 2. The molecule has 5 heteroatoms. The predicted molar refractivity (Wildman–Crippen MR) is 109 cm³/mol. The highest BCUT2D eigenvalue weighted by molar-refractivity contribution is 6.08. The second-order valence-electron chi connectivity index (χ2n) is 6.67. The highest BCUT2D eigenvalue weighted by Crippen LogP contribution is 2.22. The molecule has 0 radical (unpaired) electrons. The molecule has 0 aliphatic heterocycles. The first-order valence-corrected chi connectivity index (χ1v) is 8.91. The number of carbonyl (C=O) groups is 2. The van der Waals surface area contributed by atoms with E-state index in [4.69, 9.17) is 0 Å². The number of hydrogen-bond donors (Lipinski definition) is 2. The van der Waals surface area contributed by atoms with Crippen LogP contribution in [0.25, 0.3) is 0 Å². The summed E-state index contributed by atoms with van der Waals surface area (Å²) in [5.74, 6) is -1.44. The first-order chi connectivity index (χ1) is 13.4. The normalized spacial score (nSPS) is 10.4. The number of aryl methyl sites for hydroxylation is 2. The number of carbonyl (C=O) groups excluding carboxylic acids is 2. The predicted octanol–water partition coefficient (Wildman–Crippen LogP) is 5.26. The second kappa shape index (κ2) is 8.05. The van der Waals surface area contributed by atoms with E-state index in [9.17, 15) is 14.0 Å². The summed E-state index contributed by atoms with van der Waals surface area (Å²) in [5.41, 5.74) is 4.40. The van der Waals surface area contributed by atoms with Gasteiger partial charge in [0.15, 0.2) is 0 Å². The van der Waals surface area contributed by atoms with Crippen LogP contribution in [0.4, 0.5) is 15.8 Å². The lowest BCUT2D eigenvalue weighted by atomic mass is 10.1. The van der Waals surface area contributed by atoms with Crippen molar-refractivity contribution in [1.82, 2.24) is 0 Å². The summed E-state index contributed by atoms with van der Waals surface area (Å²) in [6, 6.07) is 16.5. The van der Waals surface area contributed by atoms with E-state index in [1.807, 2.05) is 39.0 Å². The lowest BCUT2D eigenvalue weighted by molar-refractivity contribution is 0.101. The van der Waals surface area contributed by atoms with E-state index in [2.05, 4.69) is 10.6 Å². The summed E-state index contributed by atoms with van der Waals surface area (Å²) < 4.78 is 13.8. The van der Waals surface area contributed by atoms with Gasteiger partial charge in [-0.3, -0.25) is 9.59 Å². The van der Waals surface area contributed by atoms with Crippen LogP contribution >= 0.6 is 0 Å². The third kappa shape index (κ3) is 4.09.